The van der Waals surface area contributed by atoms with Crippen molar-refractivity contribution < 1.29 is 18.9 Å². The number of carbonyl (C=O) groups is 1. The van der Waals surface area contributed by atoms with Gasteiger partial charge in [-0.25, -0.2) is 0 Å². The van der Waals surface area contributed by atoms with E-state index in [9.17, 15) is 14.9 Å². The summed E-state index contributed by atoms with van der Waals surface area (Å²) in [5.41, 5.74) is 2.54. The second-order valence-electron chi connectivity index (χ2n) is 6.91. The molecule has 1 saturated heterocycles. The minimum absolute atomic E-state index is 0.117. The summed E-state index contributed by atoms with van der Waals surface area (Å²) in [7, 11) is 0. The molecule has 4 rings (SSSR count). The third kappa shape index (κ3) is 4.07. The van der Waals surface area contributed by atoms with Crippen LogP contribution < -0.4 is 4.74 Å². The molecule has 0 radical (unpaired) electrons. The van der Waals surface area contributed by atoms with Gasteiger partial charge in [0.15, 0.2) is 0 Å². The number of piperazine rings is 1. The van der Waals surface area contributed by atoms with Gasteiger partial charge >= 0.3 is 5.88 Å². The van der Waals surface area contributed by atoms with Crippen molar-refractivity contribution in [2.24, 2.45) is 0 Å². The van der Waals surface area contributed by atoms with E-state index in [1.165, 1.54) is 35.4 Å². The minimum Gasteiger partial charge on any atom is -0.493 e. The summed E-state index contributed by atoms with van der Waals surface area (Å²) in [5.74, 6) is 0.833. The van der Waals surface area contributed by atoms with Crippen LogP contribution in [0, 0.1) is 10.1 Å². The summed E-state index contributed by atoms with van der Waals surface area (Å²) in [5, 5.41) is 10.6. The summed E-state index contributed by atoms with van der Waals surface area (Å²) in [6.07, 6.45) is 3.84. The molecule has 0 N–H and O–H groups in total. The van der Waals surface area contributed by atoms with E-state index in [0.29, 0.717) is 18.8 Å². The van der Waals surface area contributed by atoms with Gasteiger partial charge in [0.05, 0.1) is 12.7 Å². The van der Waals surface area contributed by atoms with Crippen molar-refractivity contribution in [3.8, 4) is 5.75 Å². The number of ether oxygens (including phenoxy) is 1. The van der Waals surface area contributed by atoms with E-state index in [1.54, 1.807) is 4.90 Å². The van der Waals surface area contributed by atoms with Gasteiger partial charge in [-0.05, 0) is 29.3 Å². The zero-order valence-corrected chi connectivity index (χ0v) is 15.4. The molecule has 0 unspecified atom stereocenters. The minimum atomic E-state index is -0.605. The highest BCUT2D eigenvalue weighted by Gasteiger charge is 2.21. The Morgan fingerprint density at radius 1 is 1.18 bits per heavy atom. The largest absolute Gasteiger partial charge is 0.493 e. The van der Waals surface area contributed by atoms with Crippen LogP contribution >= 0.6 is 0 Å². The van der Waals surface area contributed by atoms with Crippen LogP contribution in [-0.4, -0.2) is 53.4 Å². The Labute approximate surface area is 162 Å². The SMILES string of the molecule is O=C(/C=C/c1ccc([N+](=O)[O-])o1)N1CCN(Cc2ccc3c(c2)CCO3)CC1. The van der Waals surface area contributed by atoms with Crippen LogP contribution in [-0.2, 0) is 17.8 Å². The predicted molar refractivity (Wildman–Crippen MR) is 102 cm³/mol. The van der Waals surface area contributed by atoms with Crippen LogP contribution in [0.5, 0.6) is 5.75 Å². The Kier molecular flexibility index (Phi) is 5.12. The van der Waals surface area contributed by atoms with Crippen molar-refractivity contribution in [2.45, 2.75) is 13.0 Å². The molecule has 3 heterocycles. The lowest BCUT2D eigenvalue weighted by Crippen LogP contribution is -2.47. The summed E-state index contributed by atoms with van der Waals surface area (Å²) in [6, 6.07) is 9.11. The summed E-state index contributed by atoms with van der Waals surface area (Å²) >= 11 is 0. The molecule has 1 amide bonds. The lowest BCUT2D eigenvalue weighted by molar-refractivity contribution is -0.402. The summed E-state index contributed by atoms with van der Waals surface area (Å²) in [6.45, 7) is 4.53. The standard InChI is InChI=1S/C20H21N3O5/c24-19(5-2-17-3-6-20(28-17)23(25)26)22-10-8-21(9-11-22)14-15-1-4-18-16(13-15)7-12-27-18/h1-6,13H,7-12,14H2/b5-2+. The van der Waals surface area contributed by atoms with E-state index in [1.807, 2.05) is 6.07 Å². The second kappa shape index (κ2) is 7.85. The van der Waals surface area contributed by atoms with E-state index >= 15 is 0 Å². The molecule has 1 fully saturated rings. The van der Waals surface area contributed by atoms with Gasteiger partial charge in [0.25, 0.3) is 0 Å². The van der Waals surface area contributed by atoms with E-state index in [0.717, 1.165) is 38.4 Å². The third-order valence-electron chi connectivity index (χ3n) is 5.03. The zero-order chi connectivity index (χ0) is 19.5. The average Bonchev–Trinajstić information content (AvgIpc) is 3.36. The number of hydrogen-bond acceptors (Lipinski definition) is 6. The quantitative estimate of drug-likeness (QED) is 0.448. The second-order valence-corrected chi connectivity index (χ2v) is 6.91. The molecule has 1 aromatic heterocycles. The van der Waals surface area contributed by atoms with E-state index in [-0.39, 0.29) is 11.8 Å². The highest BCUT2D eigenvalue weighted by molar-refractivity contribution is 5.91. The highest BCUT2D eigenvalue weighted by atomic mass is 16.6. The van der Waals surface area contributed by atoms with Crippen molar-refractivity contribution in [3.63, 3.8) is 0 Å². The van der Waals surface area contributed by atoms with Crippen molar-refractivity contribution in [1.29, 1.82) is 0 Å². The predicted octanol–water partition coefficient (Wildman–Crippen LogP) is 2.48. The van der Waals surface area contributed by atoms with Crippen LogP contribution in [0.25, 0.3) is 6.08 Å². The van der Waals surface area contributed by atoms with Gasteiger partial charge in [0.1, 0.15) is 16.4 Å². The van der Waals surface area contributed by atoms with Gasteiger partial charge in [-0.1, -0.05) is 12.1 Å². The van der Waals surface area contributed by atoms with Crippen LogP contribution in [0.2, 0.25) is 0 Å². The van der Waals surface area contributed by atoms with Crippen molar-refractivity contribution in [3.05, 3.63) is 63.4 Å². The molecular formula is C20H21N3O5. The van der Waals surface area contributed by atoms with Crippen LogP contribution in [0.3, 0.4) is 0 Å². The molecule has 146 valence electrons. The molecule has 2 aromatic rings. The smallest absolute Gasteiger partial charge is 0.433 e. The number of fused-ring (bicyclic) bond motifs is 1. The molecular weight excluding hydrogens is 362 g/mol. The fourth-order valence-corrected chi connectivity index (χ4v) is 3.51. The van der Waals surface area contributed by atoms with Gasteiger partial charge in [0.2, 0.25) is 5.91 Å². The molecule has 0 saturated carbocycles. The van der Waals surface area contributed by atoms with Gasteiger partial charge in [-0.15, -0.1) is 0 Å². The highest BCUT2D eigenvalue weighted by Crippen LogP contribution is 2.26. The van der Waals surface area contributed by atoms with E-state index in [4.69, 9.17) is 9.15 Å². The number of hydrogen-bond donors (Lipinski definition) is 0. The lowest BCUT2D eigenvalue weighted by atomic mass is 10.1. The van der Waals surface area contributed by atoms with Crippen molar-refractivity contribution in [2.75, 3.05) is 32.8 Å². The first-order valence-electron chi connectivity index (χ1n) is 9.27. The van der Waals surface area contributed by atoms with E-state index in [2.05, 4.69) is 17.0 Å². The summed E-state index contributed by atoms with van der Waals surface area (Å²) < 4.78 is 10.6. The van der Waals surface area contributed by atoms with Crippen molar-refractivity contribution in [1.82, 2.24) is 9.80 Å². The maximum atomic E-state index is 12.3. The number of nitrogens with zero attached hydrogens (tertiary/aromatic N) is 3. The van der Waals surface area contributed by atoms with Gasteiger partial charge in [-0.2, -0.15) is 0 Å². The molecule has 8 nitrogen and oxygen atoms in total. The van der Waals surface area contributed by atoms with Crippen molar-refractivity contribution >= 4 is 17.9 Å². The fraction of sp³-hybridized carbons (Fsp3) is 0.350. The molecule has 0 bridgehead atoms. The Balaban J connectivity index is 1.28. The van der Waals surface area contributed by atoms with Gasteiger partial charge < -0.3 is 14.1 Å². The fourth-order valence-electron chi connectivity index (χ4n) is 3.51. The number of furan rings is 1. The first kappa shape index (κ1) is 18.2. The number of benzene rings is 1. The Bertz CT molecular complexity index is 912. The lowest BCUT2D eigenvalue weighted by Gasteiger charge is -2.34. The monoisotopic (exact) mass is 383 g/mol. The molecule has 0 spiro atoms. The Morgan fingerprint density at radius 3 is 2.75 bits per heavy atom. The molecule has 28 heavy (non-hydrogen) atoms. The van der Waals surface area contributed by atoms with Crippen LogP contribution in [0.15, 0.2) is 40.8 Å². The number of rotatable bonds is 5. The number of amides is 1. The molecule has 0 atom stereocenters. The molecule has 0 aliphatic carbocycles. The zero-order valence-electron chi connectivity index (χ0n) is 15.4. The molecule has 8 heteroatoms. The van der Waals surface area contributed by atoms with E-state index < -0.39 is 4.92 Å². The molecule has 1 aromatic carbocycles. The topological polar surface area (TPSA) is 89.1 Å². The Morgan fingerprint density at radius 2 is 2.00 bits per heavy atom. The Hall–Kier alpha value is -3.13. The maximum Gasteiger partial charge on any atom is 0.433 e. The number of carbonyl (C=O) groups excluding carboxylic acids is 1. The van der Waals surface area contributed by atoms with Crippen LogP contribution in [0.4, 0.5) is 5.88 Å². The molecule has 2 aliphatic rings. The normalized spacial score (nSPS) is 16.9. The van der Waals surface area contributed by atoms with Gasteiger partial charge in [-0.3, -0.25) is 19.8 Å². The average molecular weight is 383 g/mol. The third-order valence-corrected chi connectivity index (χ3v) is 5.03. The first-order chi connectivity index (χ1) is 13.6. The van der Waals surface area contributed by atoms with Crippen LogP contribution in [0.1, 0.15) is 16.9 Å². The number of nitro groups is 1. The molecule has 2 aliphatic heterocycles. The maximum absolute atomic E-state index is 12.3. The summed E-state index contributed by atoms with van der Waals surface area (Å²) in [4.78, 5) is 26.5. The first-order valence-corrected chi connectivity index (χ1v) is 9.27. The van der Waals surface area contributed by atoms with Gasteiger partial charge in [0, 0.05) is 45.2 Å².